The van der Waals surface area contributed by atoms with Gasteiger partial charge in [-0.15, -0.1) is 0 Å². The third-order valence-electron chi connectivity index (χ3n) is 1.58. The fourth-order valence-electron chi connectivity index (χ4n) is 1.02. The Labute approximate surface area is 67.2 Å². The van der Waals surface area contributed by atoms with Crippen LogP contribution in [0, 0.1) is 0 Å². The molecule has 0 aromatic carbocycles. The van der Waals surface area contributed by atoms with Crippen molar-refractivity contribution in [2.75, 3.05) is 6.61 Å². The van der Waals surface area contributed by atoms with Crippen LogP contribution in [-0.2, 0) is 9.53 Å². The third-order valence-corrected chi connectivity index (χ3v) is 1.58. The summed E-state index contributed by atoms with van der Waals surface area (Å²) in [6.45, 7) is -0.110. The predicted molar refractivity (Wildman–Crippen MR) is 36.3 cm³/mol. The average Bonchev–Trinajstić information content (AvgIpc) is 2.34. The first kappa shape index (κ1) is 8.79. The molecule has 0 radical (unpaired) electrons. The molecule has 0 amide bonds. The minimum absolute atomic E-state index is 0.110. The Morgan fingerprint density at radius 1 is 1.75 bits per heavy atom. The minimum Gasteiger partial charge on any atom is -0.479 e. The lowest BCUT2D eigenvalue weighted by atomic mass is 10.1. The molecule has 0 spiro atoms. The molecule has 0 aliphatic carbocycles. The van der Waals surface area contributed by atoms with Crippen LogP contribution in [0.5, 0.6) is 0 Å². The number of carbonyl (C=O) groups is 1. The van der Waals surface area contributed by atoms with Gasteiger partial charge < -0.3 is 14.9 Å². The zero-order valence-corrected chi connectivity index (χ0v) is 5.99. The van der Waals surface area contributed by atoms with Gasteiger partial charge in [-0.2, -0.15) is 0 Å². The molecule has 66 valence electrons. The van der Waals surface area contributed by atoms with E-state index in [1.165, 1.54) is 0 Å². The lowest BCUT2D eigenvalue weighted by molar-refractivity contribution is -0.147. The largest absolute Gasteiger partial charge is 0.479 e. The molecule has 12 heavy (non-hydrogen) atoms. The van der Waals surface area contributed by atoms with Gasteiger partial charge in [-0.1, -0.05) is 5.11 Å². The van der Waals surface area contributed by atoms with E-state index in [2.05, 4.69) is 14.8 Å². The second-order valence-electron chi connectivity index (χ2n) is 2.36. The van der Waals surface area contributed by atoms with Crippen molar-refractivity contribution in [3.8, 4) is 0 Å². The second-order valence-corrected chi connectivity index (χ2v) is 2.36. The minimum atomic E-state index is -1.23. The van der Waals surface area contributed by atoms with Crippen LogP contribution >= 0.6 is 0 Å². The number of aliphatic carboxylic acids is 1. The molecule has 1 heterocycles. The number of ether oxygens (including phenoxy) is 1. The van der Waals surface area contributed by atoms with Crippen molar-refractivity contribution in [3.05, 3.63) is 10.4 Å². The second kappa shape index (κ2) is 3.40. The van der Waals surface area contributed by atoms with Gasteiger partial charge >= 0.3 is 5.97 Å². The highest BCUT2D eigenvalue weighted by Crippen LogP contribution is 2.17. The Morgan fingerprint density at radius 3 is 2.92 bits per heavy atom. The van der Waals surface area contributed by atoms with Gasteiger partial charge in [0.1, 0.15) is 6.04 Å². The highest BCUT2D eigenvalue weighted by molar-refractivity contribution is 5.73. The lowest BCUT2D eigenvalue weighted by Crippen LogP contribution is -2.33. The van der Waals surface area contributed by atoms with Gasteiger partial charge in [0, 0.05) is 4.91 Å². The monoisotopic (exact) mass is 173 g/mol. The summed E-state index contributed by atoms with van der Waals surface area (Å²) in [7, 11) is 0. The number of aliphatic hydroxyl groups is 1. The zero-order valence-electron chi connectivity index (χ0n) is 5.99. The van der Waals surface area contributed by atoms with Gasteiger partial charge in [-0.05, 0) is 5.53 Å². The van der Waals surface area contributed by atoms with Gasteiger partial charge in [0.15, 0.2) is 6.10 Å². The molecule has 2 N–H and O–H groups in total. The highest BCUT2D eigenvalue weighted by atomic mass is 16.5. The molecule has 1 aliphatic heterocycles. The van der Waals surface area contributed by atoms with Crippen molar-refractivity contribution in [1.29, 1.82) is 0 Å². The summed E-state index contributed by atoms with van der Waals surface area (Å²) in [4.78, 5) is 12.8. The van der Waals surface area contributed by atoms with Crippen molar-refractivity contribution >= 4 is 5.97 Å². The van der Waals surface area contributed by atoms with Gasteiger partial charge in [0.25, 0.3) is 0 Å². The molecule has 3 atom stereocenters. The maximum Gasteiger partial charge on any atom is 0.333 e. The van der Waals surface area contributed by atoms with E-state index in [0.29, 0.717) is 0 Å². The highest BCUT2D eigenvalue weighted by Gasteiger charge is 2.40. The van der Waals surface area contributed by atoms with E-state index in [1.807, 2.05) is 0 Å². The zero-order chi connectivity index (χ0) is 9.14. The molecule has 1 saturated heterocycles. The van der Waals surface area contributed by atoms with Gasteiger partial charge in [0.05, 0.1) is 12.7 Å². The summed E-state index contributed by atoms with van der Waals surface area (Å²) in [6.07, 6.45) is -2.25. The summed E-state index contributed by atoms with van der Waals surface area (Å²) in [5.74, 6) is -1.23. The Bertz CT molecular complexity index is 237. The summed E-state index contributed by atoms with van der Waals surface area (Å²) in [6, 6.07) is -1.02. The van der Waals surface area contributed by atoms with Crippen LogP contribution in [0.1, 0.15) is 0 Å². The van der Waals surface area contributed by atoms with Crippen LogP contribution in [0.25, 0.3) is 10.4 Å². The molecular formula is C5H7N3O4. The molecular weight excluding hydrogens is 166 g/mol. The van der Waals surface area contributed by atoms with E-state index in [9.17, 15) is 4.79 Å². The first-order chi connectivity index (χ1) is 5.66. The molecule has 3 unspecified atom stereocenters. The molecule has 1 aliphatic rings. The Balaban J connectivity index is 2.76. The Hall–Kier alpha value is -1.30. The van der Waals surface area contributed by atoms with Crippen LogP contribution < -0.4 is 0 Å². The van der Waals surface area contributed by atoms with Crippen molar-refractivity contribution in [2.45, 2.75) is 18.2 Å². The number of rotatable bonds is 2. The van der Waals surface area contributed by atoms with Crippen molar-refractivity contribution in [3.63, 3.8) is 0 Å². The molecule has 0 aromatic heterocycles. The van der Waals surface area contributed by atoms with Crippen molar-refractivity contribution in [2.24, 2.45) is 5.11 Å². The topological polar surface area (TPSA) is 116 Å². The maximum atomic E-state index is 10.4. The summed E-state index contributed by atoms with van der Waals surface area (Å²) >= 11 is 0. The molecule has 0 saturated carbocycles. The van der Waals surface area contributed by atoms with Crippen molar-refractivity contribution < 1.29 is 19.7 Å². The van der Waals surface area contributed by atoms with Crippen LogP contribution in [-0.4, -0.2) is 41.0 Å². The normalized spacial score (nSPS) is 34.2. The van der Waals surface area contributed by atoms with Crippen LogP contribution in [0.4, 0.5) is 0 Å². The SMILES string of the molecule is [N-]=[N+]=NC1C(O)COC1C(=O)O. The van der Waals surface area contributed by atoms with Gasteiger partial charge in [-0.3, -0.25) is 0 Å². The van der Waals surface area contributed by atoms with E-state index < -0.39 is 24.2 Å². The number of carboxylic acid groups (broad SMARTS) is 1. The Kier molecular flexibility index (Phi) is 2.49. The summed E-state index contributed by atoms with van der Waals surface area (Å²) in [5, 5.41) is 20.7. The number of azide groups is 1. The van der Waals surface area contributed by atoms with E-state index >= 15 is 0 Å². The lowest BCUT2D eigenvalue weighted by Gasteiger charge is -2.09. The van der Waals surface area contributed by atoms with Crippen LogP contribution in [0.15, 0.2) is 5.11 Å². The Morgan fingerprint density at radius 2 is 2.42 bits per heavy atom. The number of aliphatic hydroxyl groups excluding tert-OH is 1. The van der Waals surface area contributed by atoms with E-state index in [1.54, 1.807) is 0 Å². The molecule has 1 rings (SSSR count). The smallest absolute Gasteiger partial charge is 0.333 e. The van der Waals surface area contributed by atoms with E-state index in [0.717, 1.165) is 0 Å². The standard InChI is InChI=1S/C5H7N3O4/c6-8-7-3-2(9)1-12-4(3)5(10)11/h2-4,9H,1H2,(H,10,11). The quantitative estimate of drug-likeness (QED) is 0.333. The van der Waals surface area contributed by atoms with Gasteiger partial charge in [0.2, 0.25) is 0 Å². The predicted octanol–water partition coefficient (Wildman–Crippen LogP) is -0.490. The third kappa shape index (κ3) is 1.48. The van der Waals surface area contributed by atoms with Crippen molar-refractivity contribution in [1.82, 2.24) is 0 Å². The molecule has 1 fully saturated rings. The molecule has 7 nitrogen and oxygen atoms in total. The molecule has 0 aromatic rings. The number of carboxylic acids is 1. The number of hydrogen-bond donors (Lipinski definition) is 2. The average molecular weight is 173 g/mol. The fraction of sp³-hybridized carbons (Fsp3) is 0.800. The van der Waals surface area contributed by atoms with Gasteiger partial charge in [-0.25, -0.2) is 4.79 Å². The molecule has 7 heteroatoms. The van der Waals surface area contributed by atoms with Crippen LogP contribution in [0.2, 0.25) is 0 Å². The number of hydrogen-bond acceptors (Lipinski definition) is 4. The van der Waals surface area contributed by atoms with Crippen LogP contribution in [0.3, 0.4) is 0 Å². The number of nitrogens with zero attached hydrogens (tertiary/aromatic N) is 3. The summed E-state index contributed by atoms with van der Waals surface area (Å²) in [5.41, 5.74) is 8.04. The first-order valence-corrected chi connectivity index (χ1v) is 3.23. The first-order valence-electron chi connectivity index (χ1n) is 3.23. The summed E-state index contributed by atoms with van der Waals surface area (Å²) < 4.78 is 4.68. The molecule has 0 bridgehead atoms. The maximum absolute atomic E-state index is 10.4. The van der Waals surface area contributed by atoms with E-state index in [-0.39, 0.29) is 6.61 Å². The fourth-order valence-corrected chi connectivity index (χ4v) is 1.02. The van der Waals surface area contributed by atoms with E-state index in [4.69, 9.17) is 15.7 Å².